The summed E-state index contributed by atoms with van der Waals surface area (Å²) in [6.07, 6.45) is 3.54. The monoisotopic (exact) mass is 497 g/mol. The molecule has 0 N–H and O–H groups in total. The van der Waals surface area contributed by atoms with Crippen molar-refractivity contribution in [1.29, 1.82) is 0 Å². The van der Waals surface area contributed by atoms with Crippen molar-refractivity contribution in [3.8, 4) is 28.8 Å². The van der Waals surface area contributed by atoms with Crippen LogP contribution in [0.2, 0.25) is 0 Å². The van der Waals surface area contributed by atoms with Gasteiger partial charge in [0, 0.05) is 43.8 Å². The summed E-state index contributed by atoms with van der Waals surface area (Å²) in [7, 11) is 7.20. The number of allylic oxidation sites excluding steroid dienone is 2. The van der Waals surface area contributed by atoms with Crippen molar-refractivity contribution in [3.05, 3.63) is 71.3 Å². The SMILES string of the molecule is COc1ccc(C2C3=C(CCCC3=O)Oc3ncn4nc(-c5ccc(N(C)C)cc5)nc4c32)cc1OC. The molecule has 2 aromatic carbocycles. The number of hydrogen-bond donors (Lipinski definition) is 0. The number of aromatic nitrogens is 4. The lowest BCUT2D eigenvalue weighted by Gasteiger charge is -2.32. The number of methoxy groups -OCH3 is 2. The van der Waals surface area contributed by atoms with E-state index in [1.54, 1.807) is 25.1 Å². The molecule has 0 saturated heterocycles. The molecular weight excluding hydrogens is 470 g/mol. The molecule has 2 aromatic heterocycles. The Morgan fingerprint density at radius 3 is 2.54 bits per heavy atom. The van der Waals surface area contributed by atoms with Crippen molar-refractivity contribution in [2.75, 3.05) is 33.2 Å². The topological polar surface area (TPSA) is 91.1 Å². The fourth-order valence-electron chi connectivity index (χ4n) is 5.11. The molecule has 9 heteroatoms. The van der Waals surface area contributed by atoms with Gasteiger partial charge in [-0.1, -0.05) is 6.07 Å². The number of ketones is 1. The minimum absolute atomic E-state index is 0.0766. The van der Waals surface area contributed by atoms with Crippen LogP contribution in [0.15, 0.2) is 60.1 Å². The van der Waals surface area contributed by atoms with Gasteiger partial charge in [-0.05, 0) is 48.4 Å². The molecule has 1 atom stereocenters. The Morgan fingerprint density at radius 1 is 1.03 bits per heavy atom. The zero-order valence-corrected chi connectivity index (χ0v) is 21.2. The van der Waals surface area contributed by atoms with Crippen molar-refractivity contribution in [1.82, 2.24) is 19.6 Å². The third kappa shape index (κ3) is 3.78. The highest BCUT2D eigenvalue weighted by atomic mass is 16.5. The molecule has 188 valence electrons. The van der Waals surface area contributed by atoms with Gasteiger partial charge in [0.1, 0.15) is 12.1 Å². The molecule has 6 rings (SSSR count). The maximum absolute atomic E-state index is 13.3. The predicted molar refractivity (Wildman–Crippen MR) is 138 cm³/mol. The summed E-state index contributed by atoms with van der Waals surface area (Å²) >= 11 is 0. The molecule has 3 heterocycles. The van der Waals surface area contributed by atoms with Gasteiger partial charge in [0.15, 0.2) is 28.8 Å². The van der Waals surface area contributed by atoms with Gasteiger partial charge in [-0.2, -0.15) is 0 Å². The highest BCUT2D eigenvalue weighted by molar-refractivity contribution is 6.00. The summed E-state index contributed by atoms with van der Waals surface area (Å²) in [5.41, 5.74) is 4.81. The van der Waals surface area contributed by atoms with Crippen LogP contribution < -0.4 is 19.1 Å². The molecule has 0 saturated carbocycles. The first-order valence-corrected chi connectivity index (χ1v) is 12.2. The van der Waals surface area contributed by atoms with Crippen molar-refractivity contribution < 1.29 is 19.0 Å². The number of ether oxygens (including phenoxy) is 3. The van der Waals surface area contributed by atoms with Crippen LogP contribution in [0.1, 0.15) is 36.3 Å². The standard InChI is InChI=1S/C28H27N5O4/c1-32(2)18-11-8-16(9-12-18)26-30-27-25-23(17-10-13-20(35-3)22(14-17)36-4)24-19(34)6-5-7-21(24)37-28(25)29-15-33(27)31-26/h8-15,23H,5-7H2,1-4H3. The van der Waals surface area contributed by atoms with Gasteiger partial charge in [0.25, 0.3) is 0 Å². The summed E-state index contributed by atoms with van der Waals surface area (Å²) in [6.45, 7) is 0. The van der Waals surface area contributed by atoms with Crippen LogP contribution in [-0.4, -0.2) is 53.7 Å². The van der Waals surface area contributed by atoms with Crippen LogP contribution in [0.4, 0.5) is 5.69 Å². The highest BCUT2D eigenvalue weighted by Crippen LogP contribution is 2.48. The maximum Gasteiger partial charge on any atom is 0.228 e. The molecular formula is C28H27N5O4. The molecule has 4 aromatic rings. The predicted octanol–water partition coefficient (Wildman–Crippen LogP) is 4.41. The molecule has 0 spiro atoms. The normalized spacial score (nSPS) is 16.8. The fourth-order valence-corrected chi connectivity index (χ4v) is 5.11. The number of benzene rings is 2. The average molecular weight is 498 g/mol. The second-order valence-electron chi connectivity index (χ2n) is 9.37. The quantitative estimate of drug-likeness (QED) is 0.401. The number of nitrogens with zero attached hydrogens (tertiary/aromatic N) is 5. The number of rotatable bonds is 5. The summed E-state index contributed by atoms with van der Waals surface area (Å²) in [5.74, 6) is 2.55. The number of anilines is 1. The third-order valence-electron chi connectivity index (χ3n) is 6.98. The third-order valence-corrected chi connectivity index (χ3v) is 6.98. The lowest BCUT2D eigenvalue weighted by Crippen LogP contribution is -2.26. The van der Waals surface area contributed by atoms with Crippen LogP contribution in [0.5, 0.6) is 17.4 Å². The van der Waals surface area contributed by atoms with E-state index in [0.29, 0.717) is 58.6 Å². The summed E-state index contributed by atoms with van der Waals surface area (Å²) in [6, 6.07) is 13.8. The molecule has 37 heavy (non-hydrogen) atoms. The van der Waals surface area contributed by atoms with Crippen molar-refractivity contribution in [2.24, 2.45) is 0 Å². The lowest BCUT2D eigenvalue weighted by molar-refractivity contribution is -0.116. The van der Waals surface area contributed by atoms with E-state index in [0.717, 1.165) is 23.2 Å². The summed E-state index contributed by atoms with van der Waals surface area (Å²) in [4.78, 5) is 24.8. The van der Waals surface area contributed by atoms with E-state index in [4.69, 9.17) is 24.3 Å². The Balaban J connectivity index is 1.55. The first-order chi connectivity index (χ1) is 18.0. The number of Topliss-reactive ketones (excluding diaryl/α,β-unsaturated/α-hetero) is 1. The van der Waals surface area contributed by atoms with Crippen LogP contribution in [0, 0.1) is 0 Å². The van der Waals surface area contributed by atoms with Crippen molar-refractivity contribution in [2.45, 2.75) is 25.2 Å². The maximum atomic E-state index is 13.3. The van der Waals surface area contributed by atoms with Crippen LogP contribution in [-0.2, 0) is 4.79 Å². The van der Waals surface area contributed by atoms with Crippen molar-refractivity contribution >= 4 is 17.1 Å². The van der Waals surface area contributed by atoms with E-state index in [1.807, 2.05) is 61.5 Å². The minimum atomic E-state index is -0.421. The molecule has 1 aliphatic heterocycles. The number of carbonyl (C=O) groups excluding carboxylic acids is 1. The van der Waals surface area contributed by atoms with E-state index >= 15 is 0 Å². The minimum Gasteiger partial charge on any atom is -0.493 e. The molecule has 1 unspecified atom stereocenters. The van der Waals surface area contributed by atoms with Crippen LogP contribution >= 0.6 is 0 Å². The van der Waals surface area contributed by atoms with Gasteiger partial charge in [-0.3, -0.25) is 4.79 Å². The van der Waals surface area contributed by atoms with Gasteiger partial charge in [-0.15, -0.1) is 5.10 Å². The van der Waals surface area contributed by atoms with Gasteiger partial charge >= 0.3 is 0 Å². The molecule has 2 aliphatic rings. The average Bonchev–Trinajstić information content (AvgIpc) is 3.36. The molecule has 0 radical (unpaired) electrons. The first kappa shape index (κ1) is 23.0. The molecule has 0 fully saturated rings. The zero-order chi connectivity index (χ0) is 25.7. The highest BCUT2D eigenvalue weighted by Gasteiger charge is 2.40. The summed E-state index contributed by atoms with van der Waals surface area (Å²) in [5, 5.41) is 4.71. The van der Waals surface area contributed by atoms with E-state index in [-0.39, 0.29) is 5.78 Å². The smallest absolute Gasteiger partial charge is 0.228 e. The van der Waals surface area contributed by atoms with Gasteiger partial charge in [0.2, 0.25) is 5.88 Å². The van der Waals surface area contributed by atoms with Gasteiger partial charge in [-0.25, -0.2) is 14.5 Å². The summed E-state index contributed by atoms with van der Waals surface area (Å²) < 4.78 is 18.9. The molecule has 9 nitrogen and oxygen atoms in total. The molecule has 1 aliphatic carbocycles. The molecule has 0 amide bonds. The largest absolute Gasteiger partial charge is 0.493 e. The van der Waals surface area contributed by atoms with E-state index in [1.165, 1.54) is 0 Å². The Kier molecular flexibility index (Phi) is 5.55. The second kappa shape index (κ2) is 8.92. The Morgan fingerprint density at radius 2 is 1.81 bits per heavy atom. The Bertz CT molecular complexity index is 1560. The van der Waals surface area contributed by atoms with Crippen molar-refractivity contribution in [3.63, 3.8) is 0 Å². The van der Waals surface area contributed by atoms with E-state index < -0.39 is 5.92 Å². The first-order valence-electron chi connectivity index (χ1n) is 12.2. The van der Waals surface area contributed by atoms with Gasteiger partial charge < -0.3 is 19.1 Å². The number of carbonyl (C=O) groups is 1. The van der Waals surface area contributed by atoms with Crippen LogP contribution in [0.3, 0.4) is 0 Å². The number of hydrogen-bond acceptors (Lipinski definition) is 8. The van der Waals surface area contributed by atoms with E-state index in [2.05, 4.69) is 4.98 Å². The zero-order valence-electron chi connectivity index (χ0n) is 21.2. The van der Waals surface area contributed by atoms with Gasteiger partial charge in [0.05, 0.1) is 25.7 Å². The fraction of sp³-hybridized carbons (Fsp3) is 0.286. The lowest BCUT2D eigenvalue weighted by atomic mass is 9.78. The Labute approximate surface area is 214 Å². The molecule has 0 bridgehead atoms. The second-order valence-corrected chi connectivity index (χ2v) is 9.37. The van der Waals surface area contributed by atoms with Crippen LogP contribution in [0.25, 0.3) is 17.0 Å². The number of fused-ring (bicyclic) bond motifs is 3. The van der Waals surface area contributed by atoms with E-state index in [9.17, 15) is 4.79 Å². The Hall–Kier alpha value is -4.40.